The highest BCUT2D eigenvalue weighted by molar-refractivity contribution is 7.90. The predicted molar refractivity (Wildman–Crippen MR) is 50.9 cm³/mol. The molecule has 0 aliphatic carbocycles. The number of imidazole rings is 1. The molecule has 1 aromatic heterocycles. The van der Waals surface area contributed by atoms with Crippen LogP contribution in [-0.2, 0) is 16.6 Å². The number of H-pyrrole nitrogens is 1. The highest BCUT2D eigenvalue weighted by Crippen LogP contribution is 1.98. The summed E-state index contributed by atoms with van der Waals surface area (Å²) in [7, 11) is -3.43. The lowest BCUT2D eigenvalue weighted by Gasteiger charge is -2.10. The van der Waals surface area contributed by atoms with Gasteiger partial charge in [-0.2, -0.15) is 0 Å². The Morgan fingerprint density at radius 2 is 2.43 bits per heavy atom. The molecule has 0 aliphatic rings. The van der Waals surface area contributed by atoms with E-state index in [0.717, 1.165) is 0 Å². The zero-order valence-corrected chi connectivity index (χ0v) is 8.58. The quantitative estimate of drug-likeness (QED) is 0.604. The Morgan fingerprint density at radius 3 is 2.93 bits per heavy atom. The summed E-state index contributed by atoms with van der Waals surface area (Å²) >= 11 is 0. The first-order valence-electron chi connectivity index (χ1n) is 4.13. The Labute approximate surface area is 82.4 Å². The fourth-order valence-electron chi connectivity index (χ4n) is 0.800. The number of aromatic nitrogens is 2. The lowest BCUT2D eigenvalue weighted by molar-refractivity contribution is 0.294. The molecule has 0 bridgehead atoms. The second kappa shape index (κ2) is 4.54. The Balaban J connectivity index is 2.53. The third-order valence-electron chi connectivity index (χ3n) is 1.81. The zero-order chi connectivity index (χ0) is 10.6. The van der Waals surface area contributed by atoms with Gasteiger partial charge in [0.15, 0.2) is 0 Å². The van der Waals surface area contributed by atoms with Crippen LogP contribution in [0.15, 0.2) is 12.5 Å². The van der Waals surface area contributed by atoms with Crippen molar-refractivity contribution in [2.75, 3.05) is 6.61 Å². The molecule has 0 radical (unpaired) electrons. The van der Waals surface area contributed by atoms with Gasteiger partial charge in [0.2, 0.25) is 10.0 Å². The number of hydrogen-bond acceptors (Lipinski definition) is 4. The van der Waals surface area contributed by atoms with Crippen molar-refractivity contribution in [2.45, 2.75) is 18.7 Å². The van der Waals surface area contributed by atoms with E-state index in [1.54, 1.807) is 0 Å². The van der Waals surface area contributed by atoms with Gasteiger partial charge in [0.05, 0.1) is 24.7 Å². The molecule has 0 spiro atoms. The van der Waals surface area contributed by atoms with E-state index in [4.69, 9.17) is 5.11 Å². The third-order valence-corrected chi connectivity index (χ3v) is 3.56. The summed E-state index contributed by atoms with van der Waals surface area (Å²) in [6, 6.07) is 0. The van der Waals surface area contributed by atoms with Gasteiger partial charge in [0, 0.05) is 11.9 Å². The zero-order valence-electron chi connectivity index (χ0n) is 7.77. The van der Waals surface area contributed by atoms with Gasteiger partial charge >= 0.3 is 0 Å². The molecule has 0 saturated heterocycles. The highest BCUT2D eigenvalue weighted by Gasteiger charge is 2.18. The standard InChI is InChI=1S/C7H13N3O3S/c1-6(4-11)14(12,13)10-3-7-2-8-5-9-7/h2,5-6,10-11H,3-4H2,1H3,(H,8,9). The van der Waals surface area contributed by atoms with Crippen LogP contribution in [0.25, 0.3) is 0 Å². The summed E-state index contributed by atoms with van der Waals surface area (Å²) in [6.07, 6.45) is 3.01. The average molecular weight is 219 g/mol. The van der Waals surface area contributed by atoms with Crippen LogP contribution in [0.1, 0.15) is 12.6 Å². The van der Waals surface area contributed by atoms with E-state index in [2.05, 4.69) is 14.7 Å². The van der Waals surface area contributed by atoms with Gasteiger partial charge in [-0.25, -0.2) is 18.1 Å². The number of rotatable bonds is 5. The maximum atomic E-state index is 11.4. The molecule has 0 fully saturated rings. The number of nitrogens with zero attached hydrogens (tertiary/aromatic N) is 1. The summed E-state index contributed by atoms with van der Waals surface area (Å²) in [5, 5.41) is 7.89. The number of aliphatic hydroxyl groups excluding tert-OH is 1. The van der Waals surface area contributed by atoms with E-state index in [9.17, 15) is 8.42 Å². The number of aromatic amines is 1. The molecule has 1 heterocycles. The van der Waals surface area contributed by atoms with Gasteiger partial charge in [-0.15, -0.1) is 0 Å². The van der Waals surface area contributed by atoms with E-state index in [0.29, 0.717) is 5.69 Å². The van der Waals surface area contributed by atoms with Crippen molar-refractivity contribution in [3.05, 3.63) is 18.2 Å². The van der Waals surface area contributed by atoms with Crippen LogP contribution in [-0.4, -0.2) is 35.3 Å². The monoisotopic (exact) mass is 219 g/mol. The maximum Gasteiger partial charge on any atom is 0.216 e. The molecule has 0 aliphatic heterocycles. The van der Waals surface area contributed by atoms with Crippen molar-refractivity contribution in [2.24, 2.45) is 0 Å². The summed E-state index contributed by atoms with van der Waals surface area (Å²) in [4.78, 5) is 6.51. The van der Waals surface area contributed by atoms with E-state index in [-0.39, 0.29) is 6.54 Å². The second-order valence-electron chi connectivity index (χ2n) is 2.94. The van der Waals surface area contributed by atoms with Gasteiger partial charge in [-0.05, 0) is 6.92 Å². The van der Waals surface area contributed by atoms with Gasteiger partial charge in [-0.1, -0.05) is 0 Å². The minimum atomic E-state index is -3.43. The molecule has 1 unspecified atom stereocenters. The molecule has 7 heteroatoms. The SMILES string of the molecule is CC(CO)S(=O)(=O)NCc1cnc[nH]1. The van der Waals surface area contributed by atoms with Crippen molar-refractivity contribution in [3.8, 4) is 0 Å². The lowest BCUT2D eigenvalue weighted by atomic mass is 10.5. The minimum absolute atomic E-state index is 0.159. The molecule has 0 amide bonds. The predicted octanol–water partition coefficient (Wildman–Crippen LogP) is -0.790. The van der Waals surface area contributed by atoms with Crippen LogP contribution in [0.4, 0.5) is 0 Å². The summed E-state index contributed by atoms with van der Waals surface area (Å²) in [6.45, 7) is 1.21. The van der Waals surface area contributed by atoms with E-state index in [1.807, 2.05) is 0 Å². The van der Waals surface area contributed by atoms with Gasteiger partial charge in [0.25, 0.3) is 0 Å². The topological polar surface area (TPSA) is 95.1 Å². The van der Waals surface area contributed by atoms with Gasteiger partial charge < -0.3 is 10.1 Å². The first-order chi connectivity index (χ1) is 6.56. The summed E-state index contributed by atoms with van der Waals surface area (Å²) in [5.74, 6) is 0. The Morgan fingerprint density at radius 1 is 1.71 bits per heavy atom. The smallest absolute Gasteiger partial charge is 0.216 e. The second-order valence-corrected chi connectivity index (χ2v) is 5.12. The van der Waals surface area contributed by atoms with Crippen LogP contribution in [0, 0.1) is 0 Å². The number of aliphatic hydroxyl groups is 1. The van der Waals surface area contributed by atoms with Gasteiger partial charge in [0.1, 0.15) is 0 Å². The largest absolute Gasteiger partial charge is 0.395 e. The average Bonchev–Trinajstić information content (AvgIpc) is 2.66. The van der Waals surface area contributed by atoms with Crippen LogP contribution in [0.5, 0.6) is 0 Å². The van der Waals surface area contributed by atoms with Crippen LogP contribution in [0.3, 0.4) is 0 Å². The Kier molecular flexibility index (Phi) is 3.62. The molecule has 80 valence electrons. The first kappa shape index (κ1) is 11.2. The summed E-state index contributed by atoms with van der Waals surface area (Å²) < 4.78 is 25.1. The molecule has 6 nitrogen and oxygen atoms in total. The molecular weight excluding hydrogens is 206 g/mol. The van der Waals surface area contributed by atoms with Crippen molar-refractivity contribution in [3.63, 3.8) is 0 Å². The molecule has 3 N–H and O–H groups in total. The number of sulfonamides is 1. The fourth-order valence-corrected chi connectivity index (χ4v) is 1.64. The molecule has 14 heavy (non-hydrogen) atoms. The Hall–Kier alpha value is -0.920. The fraction of sp³-hybridized carbons (Fsp3) is 0.571. The maximum absolute atomic E-state index is 11.4. The molecule has 1 rings (SSSR count). The number of nitrogens with one attached hydrogen (secondary N) is 2. The third kappa shape index (κ3) is 2.79. The molecular formula is C7H13N3O3S. The van der Waals surface area contributed by atoms with Gasteiger partial charge in [-0.3, -0.25) is 0 Å². The lowest BCUT2D eigenvalue weighted by Crippen LogP contribution is -2.34. The van der Waals surface area contributed by atoms with E-state index in [1.165, 1.54) is 19.4 Å². The van der Waals surface area contributed by atoms with Crippen molar-refractivity contribution in [1.29, 1.82) is 0 Å². The first-order valence-corrected chi connectivity index (χ1v) is 5.67. The van der Waals surface area contributed by atoms with Crippen molar-refractivity contribution < 1.29 is 13.5 Å². The van der Waals surface area contributed by atoms with Crippen LogP contribution in [0.2, 0.25) is 0 Å². The van der Waals surface area contributed by atoms with E-state index < -0.39 is 21.9 Å². The Bertz CT molecular complexity index is 360. The molecule has 0 aromatic carbocycles. The minimum Gasteiger partial charge on any atom is -0.395 e. The van der Waals surface area contributed by atoms with E-state index >= 15 is 0 Å². The molecule has 1 atom stereocenters. The normalized spacial score (nSPS) is 14.1. The molecule has 0 saturated carbocycles. The highest BCUT2D eigenvalue weighted by atomic mass is 32.2. The summed E-state index contributed by atoms with van der Waals surface area (Å²) in [5.41, 5.74) is 0.679. The van der Waals surface area contributed by atoms with Crippen molar-refractivity contribution >= 4 is 10.0 Å². The van der Waals surface area contributed by atoms with Crippen LogP contribution < -0.4 is 4.72 Å². The number of hydrogen-bond donors (Lipinski definition) is 3. The van der Waals surface area contributed by atoms with Crippen molar-refractivity contribution in [1.82, 2.24) is 14.7 Å². The van der Waals surface area contributed by atoms with Crippen LogP contribution >= 0.6 is 0 Å². The molecule has 1 aromatic rings.